The molecule has 0 bridgehead atoms. The van der Waals surface area contributed by atoms with E-state index in [4.69, 9.17) is 5.11 Å². The molecule has 0 aromatic carbocycles. The Balaban J connectivity index is 2.00. The summed E-state index contributed by atoms with van der Waals surface area (Å²) in [5.41, 5.74) is 0.376. The normalized spacial score (nSPS) is 16.5. The first-order valence-electron chi connectivity index (χ1n) is 6.72. The van der Waals surface area contributed by atoms with E-state index in [-0.39, 0.29) is 17.1 Å². The molecule has 7 nitrogen and oxygen atoms in total. The van der Waals surface area contributed by atoms with E-state index in [1.165, 1.54) is 6.92 Å². The first-order valence-corrected chi connectivity index (χ1v) is 6.72. The number of piperazine rings is 1. The first kappa shape index (κ1) is 15.0. The van der Waals surface area contributed by atoms with E-state index in [1.807, 2.05) is 4.90 Å². The molecule has 1 N–H and O–H groups in total. The minimum Gasteiger partial charge on any atom is -0.478 e. The third-order valence-corrected chi connectivity index (χ3v) is 3.61. The molecule has 2 rings (SSSR count). The molecule has 1 saturated heterocycles. The lowest BCUT2D eigenvalue weighted by molar-refractivity contribution is -0.134. The highest BCUT2D eigenvalue weighted by Gasteiger charge is 2.24. The van der Waals surface area contributed by atoms with Gasteiger partial charge in [0.1, 0.15) is 0 Å². The Hall–Kier alpha value is -2.44. The largest absolute Gasteiger partial charge is 0.478 e. The molecule has 21 heavy (non-hydrogen) atoms. The second-order valence-corrected chi connectivity index (χ2v) is 4.88. The van der Waals surface area contributed by atoms with E-state index in [0.29, 0.717) is 32.1 Å². The van der Waals surface area contributed by atoms with Gasteiger partial charge >= 0.3 is 5.97 Å². The molecular weight excluding hydrogens is 272 g/mol. The maximum atomic E-state index is 12.2. The lowest BCUT2D eigenvalue weighted by Crippen LogP contribution is -2.49. The van der Waals surface area contributed by atoms with Gasteiger partial charge in [0, 0.05) is 49.7 Å². The van der Waals surface area contributed by atoms with E-state index in [2.05, 4.69) is 9.97 Å². The van der Waals surface area contributed by atoms with Crippen molar-refractivity contribution in [1.82, 2.24) is 14.9 Å². The monoisotopic (exact) mass is 290 g/mol. The molecule has 1 fully saturated rings. The summed E-state index contributed by atoms with van der Waals surface area (Å²) in [6.07, 6.45) is 3.37. The van der Waals surface area contributed by atoms with Crippen molar-refractivity contribution in [2.75, 3.05) is 31.1 Å². The van der Waals surface area contributed by atoms with Crippen molar-refractivity contribution in [3.8, 4) is 0 Å². The second kappa shape index (κ2) is 6.34. The maximum absolute atomic E-state index is 12.2. The van der Waals surface area contributed by atoms with Gasteiger partial charge in [0.25, 0.3) is 0 Å². The topological polar surface area (TPSA) is 86.6 Å². The summed E-state index contributed by atoms with van der Waals surface area (Å²) in [5, 5.41) is 8.94. The van der Waals surface area contributed by atoms with Crippen molar-refractivity contribution >= 4 is 17.8 Å². The first-order chi connectivity index (χ1) is 10.0. The van der Waals surface area contributed by atoms with Crippen LogP contribution in [0.3, 0.4) is 0 Å². The molecule has 7 heteroatoms. The molecule has 0 aliphatic carbocycles. The molecule has 0 radical (unpaired) electrons. The average Bonchev–Trinajstić information content (AvgIpc) is 2.53. The Labute approximate surface area is 122 Å². The summed E-state index contributed by atoms with van der Waals surface area (Å²) in [6.45, 7) is 5.33. The van der Waals surface area contributed by atoms with Crippen LogP contribution in [0.4, 0.5) is 5.95 Å². The number of carbonyl (C=O) groups is 2. The van der Waals surface area contributed by atoms with E-state index >= 15 is 0 Å². The zero-order chi connectivity index (χ0) is 15.4. The van der Waals surface area contributed by atoms with Crippen molar-refractivity contribution < 1.29 is 14.7 Å². The highest BCUT2D eigenvalue weighted by molar-refractivity contribution is 6.01. The van der Waals surface area contributed by atoms with Crippen LogP contribution in [-0.4, -0.2) is 58.0 Å². The minimum absolute atomic E-state index is 0.0915. The summed E-state index contributed by atoms with van der Waals surface area (Å²) in [5.74, 6) is -0.626. The number of rotatable bonds is 3. The standard InChI is InChI=1S/C14H18N4O3/c1-10(11(2)13(20)21)12(19)17-6-8-18(9-7-17)14-15-4-3-5-16-14/h3-5H,6-9H2,1-2H3,(H,20,21)/b11-10-. The van der Waals surface area contributed by atoms with Crippen LogP contribution in [0.25, 0.3) is 0 Å². The number of hydrogen-bond donors (Lipinski definition) is 1. The number of aliphatic carboxylic acids is 1. The van der Waals surface area contributed by atoms with Gasteiger partial charge in [-0.25, -0.2) is 14.8 Å². The zero-order valence-electron chi connectivity index (χ0n) is 12.1. The summed E-state index contributed by atoms with van der Waals surface area (Å²) < 4.78 is 0. The van der Waals surface area contributed by atoms with Gasteiger partial charge in [-0.3, -0.25) is 4.79 Å². The van der Waals surface area contributed by atoms with E-state index in [1.54, 1.807) is 30.3 Å². The molecule has 1 aromatic rings. The van der Waals surface area contributed by atoms with Crippen molar-refractivity contribution in [3.63, 3.8) is 0 Å². The molecule has 0 spiro atoms. The van der Waals surface area contributed by atoms with Gasteiger partial charge in [0.15, 0.2) is 0 Å². The average molecular weight is 290 g/mol. The van der Waals surface area contributed by atoms with Crippen LogP contribution in [0.1, 0.15) is 13.8 Å². The van der Waals surface area contributed by atoms with Crippen molar-refractivity contribution in [3.05, 3.63) is 29.6 Å². The Bertz CT molecular complexity index is 563. The van der Waals surface area contributed by atoms with E-state index < -0.39 is 5.97 Å². The third kappa shape index (κ3) is 3.36. The molecule has 1 aliphatic heterocycles. The Morgan fingerprint density at radius 1 is 1.05 bits per heavy atom. The molecule has 112 valence electrons. The third-order valence-electron chi connectivity index (χ3n) is 3.61. The summed E-state index contributed by atoms with van der Waals surface area (Å²) in [6, 6.07) is 1.76. The van der Waals surface area contributed by atoms with Crippen molar-refractivity contribution in [2.24, 2.45) is 0 Å². The van der Waals surface area contributed by atoms with E-state index in [9.17, 15) is 9.59 Å². The van der Waals surface area contributed by atoms with Crippen LogP contribution in [0.2, 0.25) is 0 Å². The van der Waals surface area contributed by atoms with Crippen LogP contribution < -0.4 is 4.90 Å². The zero-order valence-corrected chi connectivity index (χ0v) is 12.1. The number of carbonyl (C=O) groups excluding carboxylic acids is 1. The molecule has 1 aliphatic rings. The molecule has 0 unspecified atom stereocenters. The van der Waals surface area contributed by atoms with Gasteiger partial charge in [0.2, 0.25) is 11.9 Å². The fourth-order valence-electron chi connectivity index (χ4n) is 2.12. The van der Waals surface area contributed by atoms with Crippen LogP contribution in [0.5, 0.6) is 0 Å². The fourth-order valence-corrected chi connectivity index (χ4v) is 2.12. The van der Waals surface area contributed by atoms with Crippen molar-refractivity contribution in [2.45, 2.75) is 13.8 Å². The number of carboxylic acids is 1. The van der Waals surface area contributed by atoms with Gasteiger partial charge in [-0.2, -0.15) is 0 Å². The quantitative estimate of drug-likeness (QED) is 0.818. The van der Waals surface area contributed by atoms with Crippen LogP contribution in [0.15, 0.2) is 29.6 Å². The highest BCUT2D eigenvalue weighted by Crippen LogP contribution is 2.13. The molecular formula is C14H18N4O3. The molecule has 0 atom stereocenters. The number of hydrogen-bond acceptors (Lipinski definition) is 5. The van der Waals surface area contributed by atoms with Crippen LogP contribution in [0, 0.1) is 0 Å². The second-order valence-electron chi connectivity index (χ2n) is 4.88. The van der Waals surface area contributed by atoms with Gasteiger partial charge in [0.05, 0.1) is 0 Å². The Kier molecular flexibility index (Phi) is 4.52. The fraction of sp³-hybridized carbons (Fsp3) is 0.429. The van der Waals surface area contributed by atoms with Crippen LogP contribution >= 0.6 is 0 Å². The predicted octanol–water partition coefficient (Wildman–Crippen LogP) is 0.546. The molecule has 1 amide bonds. The number of carboxylic acid groups (broad SMARTS) is 1. The van der Waals surface area contributed by atoms with Gasteiger partial charge in [-0.05, 0) is 19.9 Å². The summed E-state index contributed by atoms with van der Waals surface area (Å²) in [4.78, 5) is 35.2. The highest BCUT2D eigenvalue weighted by atomic mass is 16.4. The number of nitrogens with zero attached hydrogens (tertiary/aromatic N) is 4. The lowest BCUT2D eigenvalue weighted by Gasteiger charge is -2.35. The summed E-state index contributed by atoms with van der Waals surface area (Å²) >= 11 is 0. The Morgan fingerprint density at radius 2 is 1.62 bits per heavy atom. The molecule has 1 aromatic heterocycles. The van der Waals surface area contributed by atoms with Gasteiger partial charge in [-0.1, -0.05) is 0 Å². The number of anilines is 1. The Morgan fingerprint density at radius 3 is 2.14 bits per heavy atom. The predicted molar refractivity (Wildman–Crippen MR) is 76.8 cm³/mol. The summed E-state index contributed by atoms with van der Waals surface area (Å²) in [7, 11) is 0. The number of aromatic nitrogens is 2. The SMILES string of the molecule is C/C(C(=O)O)=C(\C)C(=O)N1CCN(c2ncccn2)CC1. The van der Waals surface area contributed by atoms with Crippen LogP contribution in [-0.2, 0) is 9.59 Å². The van der Waals surface area contributed by atoms with E-state index in [0.717, 1.165) is 0 Å². The lowest BCUT2D eigenvalue weighted by atomic mass is 10.1. The maximum Gasteiger partial charge on any atom is 0.331 e. The van der Waals surface area contributed by atoms with Crippen molar-refractivity contribution in [1.29, 1.82) is 0 Å². The van der Waals surface area contributed by atoms with Gasteiger partial charge in [-0.15, -0.1) is 0 Å². The molecule has 2 heterocycles. The smallest absolute Gasteiger partial charge is 0.331 e. The minimum atomic E-state index is -1.06. The van der Waals surface area contributed by atoms with Gasteiger partial charge < -0.3 is 14.9 Å². The number of amides is 1. The molecule has 0 saturated carbocycles.